The van der Waals surface area contributed by atoms with Crippen molar-refractivity contribution in [3.8, 4) is 45.4 Å². The van der Waals surface area contributed by atoms with Crippen LogP contribution in [0, 0.1) is 0 Å². The lowest BCUT2D eigenvalue weighted by molar-refractivity contribution is 0.673. The Bertz CT molecular complexity index is 2470. The second kappa shape index (κ2) is 10.2. The maximum atomic E-state index is 6.46. The second-order valence-corrected chi connectivity index (χ2v) is 10.9. The van der Waals surface area contributed by atoms with Crippen LogP contribution in [0.4, 0.5) is 0 Å². The van der Waals surface area contributed by atoms with Gasteiger partial charge in [-0.25, -0.2) is 19.9 Å². The average molecular weight is 578 g/mol. The van der Waals surface area contributed by atoms with Gasteiger partial charge in [0.05, 0.1) is 11.2 Å². The Balaban J connectivity index is 1.21. The van der Waals surface area contributed by atoms with Crippen LogP contribution < -0.4 is 0 Å². The molecule has 0 fully saturated rings. The molecule has 0 spiro atoms. The highest BCUT2D eigenvalue weighted by Gasteiger charge is 2.18. The number of hydrogen-bond acceptors (Lipinski definition) is 6. The monoisotopic (exact) mass is 577 g/mol. The van der Waals surface area contributed by atoms with E-state index in [0.29, 0.717) is 17.5 Å². The lowest BCUT2D eigenvalue weighted by Crippen LogP contribution is -2.00. The summed E-state index contributed by atoms with van der Waals surface area (Å²) in [5, 5.41) is 5.15. The van der Waals surface area contributed by atoms with Gasteiger partial charge in [0.25, 0.3) is 0 Å². The van der Waals surface area contributed by atoms with Gasteiger partial charge >= 0.3 is 0 Å². The fourth-order valence-corrected chi connectivity index (χ4v) is 6.05. The Labute approximate surface area is 257 Å². The first-order valence-electron chi connectivity index (χ1n) is 14.8. The van der Waals surface area contributed by atoms with Gasteiger partial charge in [-0.15, -0.1) is 0 Å². The molecule has 4 heterocycles. The van der Waals surface area contributed by atoms with E-state index in [4.69, 9.17) is 24.4 Å². The minimum absolute atomic E-state index is 0.612. The highest BCUT2D eigenvalue weighted by atomic mass is 16.3. The number of furan rings is 1. The van der Waals surface area contributed by atoms with E-state index in [1.165, 1.54) is 0 Å². The number of fused-ring (bicyclic) bond motifs is 7. The standard InChI is InChI=1S/C39H23N5O/c1-3-9-25(10-4-1)37-42-38(26-11-5-2-6-12-26)44-39(43-37)27-17-15-24(16-18-27)35-30-20-19-29-28-13-7-8-14-33(28)45-36(29)34(30)31-23-40-22-21-32(31)41-35/h1-23H. The molecular formula is C39H23N5O. The highest BCUT2D eigenvalue weighted by Crippen LogP contribution is 2.40. The molecule has 0 saturated heterocycles. The molecule has 0 saturated carbocycles. The van der Waals surface area contributed by atoms with E-state index in [-0.39, 0.29) is 0 Å². The third-order valence-electron chi connectivity index (χ3n) is 8.22. The van der Waals surface area contributed by atoms with Crippen molar-refractivity contribution in [2.45, 2.75) is 0 Å². The smallest absolute Gasteiger partial charge is 0.164 e. The molecule has 0 aliphatic rings. The SMILES string of the molecule is c1ccc(-c2nc(-c3ccccc3)nc(-c3ccc(-c4nc5ccncc5c5c4ccc4c6ccccc6oc45)cc3)n2)cc1. The molecule has 9 rings (SSSR count). The molecule has 0 radical (unpaired) electrons. The Morgan fingerprint density at radius 2 is 1.00 bits per heavy atom. The van der Waals surface area contributed by atoms with Gasteiger partial charge < -0.3 is 4.42 Å². The van der Waals surface area contributed by atoms with Crippen LogP contribution in [0.1, 0.15) is 0 Å². The number of rotatable bonds is 4. The zero-order chi connectivity index (χ0) is 29.7. The summed E-state index contributed by atoms with van der Waals surface area (Å²) in [5.74, 6) is 1.88. The lowest BCUT2D eigenvalue weighted by atomic mass is 9.98. The van der Waals surface area contributed by atoms with Crippen LogP contribution in [0.25, 0.3) is 89.0 Å². The zero-order valence-corrected chi connectivity index (χ0v) is 23.9. The summed E-state index contributed by atoms with van der Waals surface area (Å²) in [6.07, 6.45) is 3.65. The van der Waals surface area contributed by atoms with Crippen LogP contribution in [0.15, 0.2) is 144 Å². The quantitative estimate of drug-likeness (QED) is 0.194. The number of hydrogen-bond donors (Lipinski definition) is 0. The van der Waals surface area contributed by atoms with E-state index >= 15 is 0 Å². The summed E-state index contributed by atoms with van der Waals surface area (Å²) in [6.45, 7) is 0. The van der Waals surface area contributed by atoms with Gasteiger partial charge in [-0.2, -0.15) is 0 Å². The first-order valence-corrected chi connectivity index (χ1v) is 14.8. The fourth-order valence-electron chi connectivity index (χ4n) is 6.05. The zero-order valence-electron chi connectivity index (χ0n) is 23.9. The van der Waals surface area contributed by atoms with Gasteiger partial charge in [0.2, 0.25) is 0 Å². The predicted molar refractivity (Wildman–Crippen MR) is 179 cm³/mol. The van der Waals surface area contributed by atoms with Crippen molar-refractivity contribution in [1.82, 2.24) is 24.9 Å². The molecule has 9 aromatic rings. The Hall–Kier alpha value is -6.27. The number of pyridine rings is 2. The Kier molecular flexibility index (Phi) is 5.71. The molecule has 6 nitrogen and oxygen atoms in total. The molecule has 0 bridgehead atoms. The summed E-state index contributed by atoms with van der Waals surface area (Å²) in [6, 6.07) is 42.7. The van der Waals surface area contributed by atoms with Crippen molar-refractivity contribution >= 4 is 43.6 Å². The largest absolute Gasteiger partial charge is 0.455 e. The van der Waals surface area contributed by atoms with Gasteiger partial charge in [0.1, 0.15) is 11.2 Å². The predicted octanol–water partition coefficient (Wildman–Crippen LogP) is 9.54. The van der Waals surface area contributed by atoms with E-state index in [2.05, 4.69) is 47.4 Å². The number of aromatic nitrogens is 5. The van der Waals surface area contributed by atoms with Crippen molar-refractivity contribution in [2.75, 3.05) is 0 Å². The molecule has 45 heavy (non-hydrogen) atoms. The molecule has 4 aromatic heterocycles. The van der Waals surface area contributed by atoms with Gasteiger partial charge in [-0.1, -0.05) is 109 Å². The van der Waals surface area contributed by atoms with Gasteiger partial charge in [-0.05, 0) is 18.2 Å². The minimum atomic E-state index is 0.612. The third-order valence-corrected chi connectivity index (χ3v) is 8.22. The van der Waals surface area contributed by atoms with Crippen molar-refractivity contribution in [1.29, 1.82) is 0 Å². The van der Waals surface area contributed by atoms with E-state index in [9.17, 15) is 0 Å². The first-order chi connectivity index (χ1) is 22.3. The summed E-state index contributed by atoms with van der Waals surface area (Å²) < 4.78 is 6.46. The van der Waals surface area contributed by atoms with E-state index < -0.39 is 0 Å². The molecule has 6 heteroatoms. The Morgan fingerprint density at radius 3 is 1.69 bits per heavy atom. The summed E-state index contributed by atoms with van der Waals surface area (Å²) >= 11 is 0. The van der Waals surface area contributed by atoms with Crippen molar-refractivity contribution < 1.29 is 4.42 Å². The molecule has 0 aliphatic heterocycles. The molecule has 0 amide bonds. The Morgan fingerprint density at radius 1 is 0.422 bits per heavy atom. The van der Waals surface area contributed by atoms with E-state index in [1.807, 2.05) is 91.1 Å². The van der Waals surface area contributed by atoms with Crippen molar-refractivity contribution in [2.24, 2.45) is 0 Å². The summed E-state index contributed by atoms with van der Waals surface area (Å²) in [7, 11) is 0. The van der Waals surface area contributed by atoms with Crippen LogP contribution in [-0.4, -0.2) is 24.9 Å². The average Bonchev–Trinajstić information content (AvgIpc) is 3.51. The highest BCUT2D eigenvalue weighted by molar-refractivity contribution is 6.24. The maximum Gasteiger partial charge on any atom is 0.164 e. The van der Waals surface area contributed by atoms with Crippen LogP contribution in [-0.2, 0) is 0 Å². The molecule has 0 N–H and O–H groups in total. The van der Waals surface area contributed by atoms with Crippen LogP contribution in [0.5, 0.6) is 0 Å². The second-order valence-electron chi connectivity index (χ2n) is 10.9. The van der Waals surface area contributed by atoms with Crippen LogP contribution in [0.2, 0.25) is 0 Å². The third kappa shape index (κ3) is 4.23. The van der Waals surface area contributed by atoms with Gasteiger partial charge in [0.15, 0.2) is 17.5 Å². The summed E-state index contributed by atoms with van der Waals surface area (Å²) in [5.41, 5.74) is 7.20. The molecular weight excluding hydrogens is 554 g/mol. The van der Waals surface area contributed by atoms with Gasteiger partial charge in [0, 0.05) is 61.6 Å². The summed E-state index contributed by atoms with van der Waals surface area (Å²) in [4.78, 5) is 24.2. The molecule has 0 aliphatic carbocycles. The minimum Gasteiger partial charge on any atom is -0.455 e. The molecule has 0 atom stereocenters. The van der Waals surface area contributed by atoms with Crippen LogP contribution >= 0.6 is 0 Å². The lowest BCUT2D eigenvalue weighted by Gasteiger charge is -2.11. The van der Waals surface area contributed by atoms with Crippen molar-refractivity contribution in [3.05, 3.63) is 140 Å². The van der Waals surface area contributed by atoms with Crippen LogP contribution in [0.3, 0.4) is 0 Å². The number of benzene rings is 5. The van der Waals surface area contributed by atoms with Gasteiger partial charge in [-0.3, -0.25) is 4.98 Å². The molecule has 0 unspecified atom stereocenters. The number of para-hydroxylation sites is 1. The fraction of sp³-hybridized carbons (Fsp3) is 0. The molecule has 210 valence electrons. The van der Waals surface area contributed by atoms with E-state index in [0.717, 1.165) is 71.6 Å². The maximum absolute atomic E-state index is 6.46. The molecule has 5 aromatic carbocycles. The first kappa shape index (κ1) is 25.2. The normalized spacial score (nSPS) is 11.6. The van der Waals surface area contributed by atoms with Crippen molar-refractivity contribution in [3.63, 3.8) is 0 Å². The van der Waals surface area contributed by atoms with E-state index in [1.54, 1.807) is 6.20 Å². The number of nitrogens with zero attached hydrogens (tertiary/aromatic N) is 5. The topological polar surface area (TPSA) is 77.6 Å².